The van der Waals surface area contributed by atoms with E-state index in [0.717, 1.165) is 0 Å². The Kier molecular flexibility index (Phi) is 13.3. The van der Waals surface area contributed by atoms with Crippen LogP contribution in [0.4, 0.5) is 0 Å². The van der Waals surface area contributed by atoms with Crippen molar-refractivity contribution in [2.75, 3.05) is 66.1 Å². The maximum Gasteiger partial charge on any atom is 0.335 e. The maximum absolute atomic E-state index is 11.5. The van der Waals surface area contributed by atoms with E-state index >= 15 is 0 Å². The summed E-state index contributed by atoms with van der Waals surface area (Å²) in [6.45, 7) is 7.72. The molecule has 198 valence electrons. The number of carboxylic acids is 2. The van der Waals surface area contributed by atoms with Crippen molar-refractivity contribution in [1.29, 1.82) is 0 Å². The van der Waals surface area contributed by atoms with Crippen molar-refractivity contribution in [1.82, 2.24) is 0 Å². The number of hydrogen-bond donors (Lipinski definition) is 2. The van der Waals surface area contributed by atoms with Gasteiger partial charge >= 0.3 is 11.9 Å². The van der Waals surface area contributed by atoms with Crippen molar-refractivity contribution in [3.8, 4) is 22.6 Å². The molecule has 0 saturated carbocycles. The Bertz CT molecular complexity index is 882. The summed E-state index contributed by atoms with van der Waals surface area (Å²) in [5, 5.41) is 18.9. The van der Waals surface area contributed by atoms with Crippen molar-refractivity contribution in [3.05, 3.63) is 47.5 Å². The summed E-state index contributed by atoms with van der Waals surface area (Å²) >= 11 is 0. The van der Waals surface area contributed by atoms with Gasteiger partial charge in [0.25, 0.3) is 0 Å². The summed E-state index contributed by atoms with van der Waals surface area (Å²) in [5.41, 5.74) is 1.22. The van der Waals surface area contributed by atoms with Crippen molar-refractivity contribution < 1.29 is 48.2 Å². The molecule has 0 aliphatic rings. The van der Waals surface area contributed by atoms with Gasteiger partial charge in [0.1, 0.15) is 24.7 Å². The number of carbonyl (C=O) groups is 2. The highest BCUT2D eigenvalue weighted by molar-refractivity contribution is 5.92. The number of rotatable bonds is 19. The molecule has 0 fully saturated rings. The van der Waals surface area contributed by atoms with Crippen LogP contribution in [0, 0.1) is 0 Å². The van der Waals surface area contributed by atoms with Gasteiger partial charge in [0.05, 0.1) is 50.8 Å². The molecule has 10 heteroatoms. The Morgan fingerprint density at radius 3 is 1.31 bits per heavy atom. The minimum absolute atomic E-state index is 0.0540. The third kappa shape index (κ3) is 9.82. The van der Waals surface area contributed by atoms with Crippen LogP contribution in [0.3, 0.4) is 0 Å². The molecular weight excluding hydrogens is 472 g/mol. The smallest absolute Gasteiger partial charge is 0.335 e. The van der Waals surface area contributed by atoms with Gasteiger partial charge in [-0.3, -0.25) is 0 Å². The first-order chi connectivity index (χ1) is 17.5. The first-order valence-electron chi connectivity index (χ1n) is 11.8. The molecule has 0 aliphatic carbocycles. The number of benzene rings is 2. The molecule has 0 aliphatic heterocycles. The molecule has 0 aromatic heterocycles. The topological polar surface area (TPSA) is 130 Å². The molecule has 2 N–H and O–H groups in total. The molecular formula is C26H34O10. The minimum Gasteiger partial charge on any atom is -0.491 e. The van der Waals surface area contributed by atoms with Crippen molar-refractivity contribution in [3.63, 3.8) is 0 Å². The molecule has 10 nitrogen and oxygen atoms in total. The molecule has 0 saturated heterocycles. The van der Waals surface area contributed by atoms with E-state index in [2.05, 4.69) is 0 Å². The largest absolute Gasteiger partial charge is 0.491 e. The lowest BCUT2D eigenvalue weighted by Crippen LogP contribution is -2.12. The summed E-state index contributed by atoms with van der Waals surface area (Å²) in [6.07, 6.45) is 0. The standard InChI is InChI=1S/C26H34O10/c1-3-31-9-11-33-13-15-35-23-17-19(25(27)28)5-7-21(23)22-8-6-20(26(29)30)18-24(22)36-16-14-34-12-10-32-4-2/h5-8,17-18H,3-4,9-16H2,1-2H3,(H,27,28)(H,29,30). The lowest BCUT2D eigenvalue weighted by Gasteiger charge is -2.17. The van der Waals surface area contributed by atoms with Gasteiger partial charge in [0.15, 0.2) is 0 Å². The Morgan fingerprint density at radius 2 is 0.944 bits per heavy atom. The normalized spacial score (nSPS) is 10.8. The summed E-state index contributed by atoms with van der Waals surface area (Å²) in [5.74, 6) is -1.57. The number of hydrogen-bond acceptors (Lipinski definition) is 8. The second kappa shape index (κ2) is 16.5. The van der Waals surface area contributed by atoms with Gasteiger partial charge < -0.3 is 38.6 Å². The van der Waals surface area contributed by atoms with E-state index in [-0.39, 0.29) is 37.6 Å². The van der Waals surface area contributed by atoms with Gasteiger partial charge in [-0.2, -0.15) is 0 Å². The molecule has 0 heterocycles. The van der Waals surface area contributed by atoms with E-state index in [1.54, 1.807) is 12.1 Å². The highest BCUT2D eigenvalue weighted by atomic mass is 16.5. The highest BCUT2D eigenvalue weighted by Crippen LogP contribution is 2.38. The molecule has 2 rings (SSSR count). The summed E-state index contributed by atoms with van der Waals surface area (Å²) in [6, 6.07) is 8.96. The monoisotopic (exact) mass is 506 g/mol. The van der Waals surface area contributed by atoms with Crippen LogP contribution < -0.4 is 9.47 Å². The van der Waals surface area contributed by atoms with E-state index in [1.807, 2.05) is 13.8 Å². The second-order valence-electron chi connectivity index (χ2n) is 7.35. The number of carboxylic acid groups (broad SMARTS) is 2. The average molecular weight is 507 g/mol. The van der Waals surface area contributed by atoms with Crippen LogP contribution in [0.2, 0.25) is 0 Å². The minimum atomic E-state index is -1.10. The van der Waals surface area contributed by atoms with Crippen LogP contribution in [-0.4, -0.2) is 88.2 Å². The summed E-state index contributed by atoms with van der Waals surface area (Å²) in [7, 11) is 0. The molecule has 0 spiro atoms. The van der Waals surface area contributed by atoms with Gasteiger partial charge in [-0.05, 0) is 50.2 Å². The third-order valence-corrected chi connectivity index (χ3v) is 4.87. The van der Waals surface area contributed by atoms with Crippen LogP contribution in [0.15, 0.2) is 36.4 Å². The van der Waals surface area contributed by atoms with Gasteiger partial charge in [0, 0.05) is 24.3 Å². The molecule has 0 amide bonds. The van der Waals surface area contributed by atoms with Crippen molar-refractivity contribution >= 4 is 11.9 Å². The van der Waals surface area contributed by atoms with Gasteiger partial charge in [-0.15, -0.1) is 0 Å². The fourth-order valence-electron chi connectivity index (χ4n) is 3.14. The van der Waals surface area contributed by atoms with E-state index in [0.29, 0.717) is 62.3 Å². The SMILES string of the molecule is CCOCCOCCOc1cc(C(=O)O)ccc1-c1ccc(C(=O)O)cc1OCCOCCOCC. The fraction of sp³-hybridized carbons (Fsp3) is 0.462. The van der Waals surface area contributed by atoms with E-state index < -0.39 is 11.9 Å². The molecule has 0 radical (unpaired) electrons. The van der Waals surface area contributed by atoms with Crippen molar-refractivity contribution in [2.45, 2.75) is 13.8 Å². The number of ether oxygens (including phenoxy) is 6. The van der Waals surface area contributed by atoms with Gasteiger partial charge in [-0.1, -0.05) is 0 Å². The van der Waals surface area contributed by atoms with Crippen LogP contribution in [0.1, 0.15) is 34.6 Å². The Labute approximate surface area is 210 Å². The summed E-state index contributed by atoms with van der Waals surface area (Å²) in [4.78, 5) is 23.1. The lowest BCUT2D eigenvalue weighted by atomic mass is 10.00. The predicted octanol–water partition coefficient (Wildman–Crippen LogP) is 3.61. The molecule has 2 aromatic carbocycles. The Balaban J connectivity index is 2.20. The molecule has 36 heavy (non-hydrogen) atoms. The first-order valence-corrected chi connectivity index (χ1v) is 11.8. The van der Waals surface area contributed by atoms with E-state index in [1.165, 1.54) is 24.3 Å². The van der Waals surface area contributed by atoms with E-state index in [9.17, 15) is 19.8 Å². The Hall–Kier alpha value is -3.18. The Morgan fingerprint density at radius 1 is 0.583 bits per heavy atom. The third-order valence-electron chi connectivity index (χ3n) is 4.87. The van der Waals surface area contributed by atoms with Crippen LogP contribution in [-0.2, 0) is 18.9 Å². The number of aromatic carboxylic acids is 2. The molecule has 0 atom stereocenters. The molecule has 2 aromatic rings. The van der Waals surface area contributed by atoms with Crippen LogP contribution in [0.5, 0.6) is 11.5 Å². The van der Waals surface area contributed by atoms with Crippen molar-refractivity contribution in [2.24, 2.45) is 0 Å². The quantitative estimate of drug-likeness (QED) is 0.273. The summed E-state index contributed by atoms with van der Waals surface area (Å²) < 4.78 is 33.1. The fourth-order valence-corrected chi connectivity index (χ4v) is 3.14. The average Bonchev–Trinajstić information content (AvgIpc) is 2.87. The first kappa shape index (κ1) is 29.1. The zero-order valence-corrected chi connectivity index (χ0v) is 20.7. The van der Waals surface area contributed by atoms with E-state index in [4.69, 9.17) is 28.4 Å². The second-order valence-corrected chi connectivity index (χ2v) is 7.35. The van der Waals surface area contributed by atoms with Gasteiger partial charge in [0.2, 0.25) is 0 Å². The van der Waals surface area contributed by atoms with Crippen LogP contribution >= 0.6 is 0 Å². The molecule has 0 unspecified atom stereocenters. The zero-order chi connectivity index (χ0) is 26.2. The lowest BCUT2D eigenvalue weighted by molar-refractivity contribution is 0.0403. The van der Waals surface area contributed by atoms with Gasteiger partial charge in [-0.25, -0.2) is 9.59 Å². The zero-order valence-electron chi connectivity index (χ0n) is 20.7. The highest BCUT2D eigenvalue weighted by Gasteiger charge is 2.17. The molecule has 0 bridgehead atoms. The maximum atomic E-state index is 11.5. The van der Waals surface area contributed by atoms with Crippen LogP contribution in [0.25, 0.3) is 11.1 Å². The predicted molar refractivity (Wildman–Crippen MR) is 131 cm³/mol.